The average Bonchev–Trinajstić information content (AvgIpc) is 4.04. The number of allylic oxidation sites excluding steroid dienone is 1. The minimum Gasteiger partial charge on any atom is -0.453 e. The van der Waals surface area contributed by atoms with E-state index in [4.69, 9.17) is 14.5 Å². The Morgan fingerprint density at radius 2 is 1.23 bits per heavy atom. The van der Waals surface area contributed by atoms with Crippen LogP contribution in [0, 0.1) is 18.8 Å². The van der Waals surface area contributed by atoms with E-state index in [0.717, 1.165) is 58.0 Å². The Morgan fingerprint density at radius 3 is 1.79 bits per heavy atom. The van der Waals surface area contributed by atoms with Gasteiger partial charge < -0.3 is 34.9 Å². The van der Waals surface area contributed by atoms with Crippen LogP contribution in [0.25, 0.3) is 38.4 Å². The van der Waals surface area contributed by atoms with Gasteiger partial charge in [-0.15, -0.1) is 0 Å². The van der Waals surface area contributed by atoms with Gasteiger partial charge in [0.2, 0.25) is 11.8 Å². The van der Waals surface area contributed by atoms with Crippen molar-refractivity contribution in [1.82, 2.24) is 25.4 Å². The SMILES string of the molecule is COC(=O)N[C@H](C(=O)N1CCCC1c1[nH]c2cc(-c3ccc4cc(C5=CN=C([C@@H]6CCCN6C(=O)[C@@H](NC(=O)OC)C(C)C)C5)ccc4c3)ccc2c(=O)c1C)C(C)C.S.S.S. The molecule has 4 amide bonds. The number of nitrogens with zero attached hydrogens (tertiary/aromatic N) is 3. The number of methoxy groups -OCH3 is 2. The monoisotopic (exact) mass is 904 g/mol. The van der Waals surface area contributed by atoms with E-state index in [-0.39, 0.29) is 81.6 Å². The molecule has 3 N–H and O–H groups in total. The molecule has 3 aromatic carbocycles. The van der Waals surface area contributed by atoms with Gasteiger partial charge in [0.25, 0.3) is 0 Å². The van der Waals surface area contributed by atoms with Crippen molar-refractivity contribution in [2.45, 2.75) is 90.9 Å². The number of hydrogen-bond acceptors (Lipinski definition) is 8. The van der Waals surface area contributed by atoms with Gasteiger partial charge in [-0.1, -0.05) is 58.0 Å². The largest absolute Gasteiger partial charge is 0.453 e. The van der Waals surface area contributed by atoms with E-state index in [1.807, 2.05) is 57.0 Å². The zero-order valence-electron chi connectivity index (χ0n) is 36.4. The fraction of sp³-hybridized carbons (Fsp3) is 0.435. The van der Waals surface area contributed by atoms with Crippen molar-refractivity contribution in [3.8, 4) is 11.1 Å². The van der Waals surface area contributed by atoms with Crippen LogP contribution < -0.4 is 16.1 Å². The molecule has 334 valence electrons. The van der Waals surface area contributed by atoms with Crippen LogP contribution in [0.4, 0.5) is 9.59 Å². The minimum atomic E-state index is -0.756. The molecule has 3 aliphatic heterocycles. The van der Waals surface area contributed by atoms with E-state index in [9.17, 15) is 24.0 Å². The summed E-state index contributed by atoms with van der Waals surface area (Å²) in [6.45, 7) is 10.5. The Kier molecular flexibility index (Phi) is 16.8. The number of rotatable bonds is 10. The van der Waals surface area contributed by atoms with Crippen LogP contribution in [0.2, 0.25) is 0 Å². The average molecular weight is 905 g/mol. The van der Waals surface area contributed by atoms with Crippen LogP contribution in [0.5, 0.6) is 0 Å². The van der Waals surface area contributed by atoms with Crippen LogP contribution in [-0.4, -0.2) is 89.9 Å². The van der Waals surface area contributed by atoms with Crippen molar-refractivity contribution in [3.63, 3.8) is 0 Å². The molecule has 0 bridgehead atoms. The summed E-state index contributed by atoms with van der Waals surface area (Å²) >= 11 is 0. The van der Waals surface area contributed by atoms with Crippen LogP contribution in [0.1, 0.15) is 82.7 Å². The predicted octanol–water partition coefficient (Wildman–Crippen LogP) is 7.60. The van der Waals surface area contributed by atoms with Crippen molar-refractivity contribution in [2.24, 2.45) is 16.8 Å². The number of pyridine rings is 1. The van der Waals surface area contributed by atoms with Gasteiger partial charge >= 0.3 is 12.2 Å². The molecule has 7 rings (SSSR count). The Labute approximate surface area is 383 Å². The van der Waals surface area contributed by atoms with Gasteiger partial charge in [-0.2, -0.15) is 40.5 Å². The van der Waals surface area contributed by atoms with Gasteiger partial charge in [-0.05, 0) is 102 Å². The smallest absolute Gasteiger partial charge is 0.407 e. The quantitative estimate of drug-likeness (QED) is 0.148. The first-order valence-electron chi connectivity index (χ1n) is 20.6. The molecule has 62 heavy (non-hydrogen) atoms. The van der Waals surface area contributed by atoms with Gasteiger partial charge in [0.05, 0.1) is 31.8 Å². The number of benzene rings is 3. The number of carbonyl (C=O) groups is 4. The third-order valence-electron chi connectivity index (χ3n) is 12.2. The number of aromatic nitrogens is 1. The number of alkyl carbamates (subject to hydrolysis) is 2. The fourth-order valence-corrected chi connectivity index (χ4v) is 8.84. The summed E-state index contributed by atoms with van der Waals surface area (Å²) in [6, 6.07) is 16.7. The third kappa shape index (κ3) is 9.97. The highest BCUT2D eigenvalue weighted by Crippen LogP contribution is 2.36. The summed E-state index contributed by atoms with van der Waals surface area (Å²) in [7, 11) is 2.57. The third-order valence-corrected chi connectivity index (χ3v) is 12.2. The molecular formula is C46H60N6O7S3. The highest BCUT2D eigenvalue weighted by Gasteiger charge is 2.39. The zero-order chi connectivity index (χ0) is 42.1. The first-order chi connectivity index (χ1) is 28.3. The fourth-order valence-electron chi connectivity index (χ4n) is 8.84. The molecule has 2 saturated heterocycles. The minimum absolute atomic E-state index is 0. The summed E-state index contributed by atoms with van der Waals surface area (Å²) in [5.41, 5.74) is 6.98. The number of hydrogen-bond donors (Lipinski definition) is 3. The Bertz CT molecular complexity index is 2450. The van der Waals surface area contributed by atoms with Crippen LogP contribution in [-0.2, 0) is 19.1 Å². The molecule has 4 atom stereocenters. The lowest BCUT2D eigenvalue weighted by molar-refractivity contribution is -0.135. The number of nitrogens with one attached hydrogen (secondary N) is 3. The van der Waals surface area contributed by atoms with E-state index < -0.39 is 24.3 Å². The molecule has 16 heteroatoms. The number of amides is 4. The van der Waals surface area contributed by atoms with E-state index in [1.165, 1.54) is 14.2 Å². The van der Waals surface area contributed by atoms with Crippen LogP contribution in [0.3, 0.4) is 0 Å². The molecule has 0 radical (unpaired) electrons. The standard InChI is InChI=1S/C46H54N6O7.3H2S/c1-25(2)39(49-45(56)58-6)43(54)51-18-8-10-37(51)36-23-33(24-47-36)31-15-14-28-20-30(13-12-29(28)21-31)32-16-17-34-35(22-32)48-41(27(5)42(34)53)38-11-9-19-52(38)44(55)40(26(3)4)50-46(57)59-7;;;/h12-17,20-22,24-26,37-40H,8-11,18-19,23H2,1-7H3,(H,48,53)(H,49,56)(H,50,57);3*1H2/t37-,38?,39-,40-;;;/m0.../s1. The number of aliphatic imine (C=N–C) groups is 1. The molecule has 1 unspecified atom stereocenters. The predicted molar refractivity (Wildman–Crippen MR) is 260 cm³/mol. The first kappa shape index (κ1) is 49.7. The number of aromatic amines is 1. The summed E-state index contributed by atoms with van der Waals surface area (Å²) < 4.78 is 9.57. The maximum atomic E-state index is 13.8. The lowest BCUT2D eigenvalue weighted by atomic mass is 9.94. The van der Waals surface area contributed by atoms with Gasteiger partial charge in [0.1, 0.15) is 12.1 Å². The van der Waals surface area contributed by atoms with Crippen LogP contribution >= 0.6 is 40.5 Å². The maximum absolute atomic E-state index is 13.8. The van der Waals surface area contributed by atoms with Crippen LogP contribution in [0.15, 0.2) is 70.6 Å². The van der Waals surface area contributed by atoms with Gasteiger partial charge in [-0.25, -0.2) is 9.59 Å². The number of ether oxygens (including phenoxy) is 2. The molecule has 13 nitrogen and oxygen atoms in total. The van der Waals surface area contributed by atoms with E-state index in [2.05, 4.69) is 52.0 Å². The van der Waals surface area contributed by atoms with Crippen molar-refractivity contribution < 1.29 is 28.7 Å². The van der Waals surface area contributed by atoms with E-state index in [1.54, 1.807) is 11.8 Å². The van der Waals surface area contributed by atoms with E-state index >= 15 is 0 Å². The highest BCUT2D eigenvalue weighted by molar-refractivity contribution is 7.59. The molecule has 3 aliphatic rings. The molecule has 2 fully saturated rings. The molecule has 4 aromatic rings. The first-order valence-corrected chi connectivity index (χ1v) is 20.6. The van der Waals surface area contributed by atoms with E-state index in [0.29, 0.717) is 48.1 Å². The van der Waals surface area contributed by atoms with Crippen molar-refractivity contribution >= 4 is 97.4 Å². The van der Waals surface area contributed by atoms with Gasteiger partial charge in [-0.3, -0.25) is 19.4 Å². The van der Waals surface area contributed by atoms with Crippen molar-refractivity contribution in [3.05, 3.63) is 87.8 Å². The highest BCUT2D eigenvalue weighted by atomic mass is 32.1. The summed E-state index contributed by atoms with van der Waals surface area (Å²) in [5, 5.41) is 8.14. The van der Waals surface area contributed by atoms with Gasteiger partial charge in [0, 0.05) is 48.1 Å². The Morgan fingerprint density at radius 1 is 0.726 bits per heavy atom. The summed E-state index contributed by atoms with van der Waals surface area (Å²) in [4.78, 5) is 77.3. The molecule has 0 aliphatic carbocycles. The number of carbonyl (C=O) groups excluding carboxylic acids is 4. The molecule has 0 saturated carbocycles. The topological polar surface area (TPSA) is 162 Å². The summed E-state index contributed by atoms with van der Waals surface area (Å²) in [5.74, 6) is -0.571. The Hall–Kier alpha value is -4.93. The lowest BCUT2D eigenvalue weighted by Crippen LogP contribution is -2.53. The second-order valence-electron chi connectivity index (χ2n) is 16.6. The zero-order valence-corrected chi connectivity index (χ0v) is 39.4. The molecule has 1 aromatic heterocycles. The molecular weight excluding hydrogens is 845 g/mol. The lowest BCUT2D eigenvalue weighted by Gasteiger charge is -2.31. The number of H-pyrrole nitrogens is 1. The normalized spacial score (nSPS) is 18.0. The number of fused-ring (bicyclic) bond motifs is 2. The second kappa shape index (κ2) is 21.0. The number of likely N-dealkylation sites (tertiary alicyclic amines) is 2. The van der Waals surface area contributed by atoms with Gasteiger partial charge in [0.15, 0.2) is 5.43 Å². The second-order valence-corrected chi connectivity index (χ2v) is 16.6. The van der Waals surface area contributed by atoms with Crippen molar-refractivity contribution in [1.29, 1.82) is 0 Å². The molecule has 4 heterocycles. The molecule has 0 spiro atoms. The maximum Gasteiger partial charge on any atom is 0.407 e. The Balaban J connectivity index is 0.00000282. The summed E-state index contributed by atoms with van der Waals surface area (Å²) in [6.07, 6.45) is 4.44. The van der Waals surface area contributed by atoms with Crippen molar-refractivity contribution in [2.75, 3.05) is 27.3 Å².